The molecule has 1 N–H and O–H groups in total. The Hall–Kier alpha value is -4.69. The monoisotopic (exact) mass is 698 g/mol. The summed E-state index contributed by atoms with van der Waals surface area (Å²) in [6.07, 6.45) is -12.3. The average molecular weight is 699 g/mol. The van der Waals surface area contributed by atoms with E-state index >= 15 is 0 Å². The first-order valence-corrected chi connectivity index (χ1v) is 14.0. The SMILES string of the molecule is Cc1cnc(N2CCN(c3ncc(C(F)(F)F)cn3)CC2=O)cc1OCC(C)Nc1cnn(COCCC(F)(F)F)c(=O)c1C(F)(F)F. The molecule has 3 aromatic rings. The van der Waals surface area contributed by atoms with Gasteiger partial charge in [0.2, 0.25) is 11.9 Å². The maximum atomic E-state index is 13.8. The zero-order valence-corrected chi connectivity index (χ0v) is 25.1. The highest BCUT2D eigenvalue weighted by Crippen LogP contribution is 2.33. The van der Waals surface area contributed by atoms with Crippen molar-refractivity contribution in [2.75, 3.05) is 48.0 Å². The van der Waals surface area contributed by atoms with E-state index in [1.165, 1.54) is 29.0 Å². The summed E-state index contributed by atoms with van der Waals surface area (Å²) in [7, 11) is 0. The van der Waals surface area contributed by atoms with Crippen LogP contribution in [0.1, 0.15) is 30.0 Å². The number of nitrogens with zero attached hydrogens (tertiary/aromatic N) is 7. The summed E-state index contributed by atoms with van der Waals surface area (Å²) in [6, 6.07) is 0.587. The Labute approximate surface area is 265 Å². The van der Waals surface area contributed by atoms with Crippen molar-refractivity contribution in [2.24, 2.45) is 0 Å². The van der Waals surface area contributed by atoms with Crippen molar-refractivity contribution >= 4 is 23.4 Å². The fraction of sp³-hybridized carbons (Fsp3) is 0.481. The lowest BCUT2D eigenvalue weighted by Crippen LogP contribution is -2.51. The van der Waals surface area contributed by atoms with E-state index in [4.69, 9.17) is 4.74 Å². The van der Waals surface area contributed by atoms with E-state index in [0.717, 1.165) is 0 Å². The second-order valence-electron chi connectivity index (χ2n) is 10.5. The van der Waals surface area contributed by atoms with E-state index in [1.807, 2.05) is 0 Å². The lowest BCUT2D eigenvalue weighted by Gasteiger charge is -2.33. The number of pyridine rings is 1. The molecule has 21 heteroatoms. The van der Waals surface area contributed by atoms with Crippen LogP contribution >= 0.6 is 0 Å². The third-order valence-electron chi connectivity index (χ3n) is 6.75. The minimum Gasteiger partial charge on any atom is -0.491 e. The summed E-state index contributed by atoms with van der Waals surface area (Å²) in [5.74, 6) is -0.113. The zero-order chi connectivity index (χ0) is 35.4. The Morgan fingerprint density at radius 2 is 1.62 bits per heavy atom. The molecule has 0 aliphatic carbocycles. The minimum absolute atomic E-state index is 0.0612. The number of ether oxygens (including phenoxy) is 2. The molecule has 0 aromatic carbocycles. The van der Waals surface area contributed by atoms with Crippen molar-refractivity contribution < 1.29 is 53.8 Å². The summed E-state index contributed by atoms with van der Waals surface area (Å²) < 4.78 is 128. The van der Waals surface area contributed by atoms with Crippen molar-refractivity contribution in [1.82, 2.24) is 24.7 Å². The quantitative estimate of drug-likeness (QED) is 0.227. The number of piperazine rings is 1. The van der Waals surface area contributed by atoms with Crippen LogP contribution in [0.25, 0.3) is 0 Å². The van der Waals surface area contributed by atoms with Gasteiger partial charge >= 0.3 is 18.5 Å². The van der Waals surface area contributed by atoms with Gasteiger partial charge in [0.1, 0.15) is 37.0 Å². The molecule has 0 spiro atoms. The van der Waals surface area contributed by atoms with Crippen molar-refractivity contribution in [3.05, 3.63) is 57.9 Å². The Bertz CT molecular complexity index is 1650. The number of carbonyl (C=O) groups is 1. The van der Waals surface area contributed by atoms with Crippen LogP contribution in [0.2, 0.25) is 0 Å². The Balaban J connectivity index is 1.39. The van der Waals surface area contributed by atoms with Gasteiger partial charge in [0.05, 0.1) is 36.5 Å². The maximum absolute atomic E-state index is 13.8. The molecule has 1 atom stereocenters. The van der Waals surface area contributed by atoms with Crippen LogP contribution in [0.5, 0.6) is 5.75 Å². The normalized spacial score (nSPS) is 15.1. The molecule has 12 nitrogen and oxygen atoms in total. The molecule has 1 amide bonds. The van der Waals surface area contributed by atoms with Crippen molar-refractivity contribution in [2.45, 2.75) is 51.6 Å². The van der Waals surface area contributed by atoms with E-state index in [9.17, 15) is 49.1 Å². The smallest absolute Gasteiger partial charge is 0.423 e. The molecular weight excluding hydrogens is 671 g/mol. The lowest BCUT2D eigenvalue weighted by atomic mass is 10.2. The predicted octanol–water partition coefficient (Wildman–Crippen LogP) is 4.43. The highest BCUT2D eigenvalue weighted by Gasteiger charge is 2.39. The molecule has 1 aliphatic heterocycles. The topological polar surface area (TPSA) is 128 Å². The molecular formula is C27H27F9N8O4. The molecule has 1 fully saturated rings. The lowest BCUT2D eigenvalue weighted by molar-refractivity contribution is -0.148. The number of aryl methyl sites for hydroxylation is 1. The van der Waals surface area contributed by atoms with Gasteiger partial charge in [-0.2, -0.15) is 44.6 Å². The van der Waals surface area contributed by atoms with E-state index in [-0.39, 0.29) is 48.4 Å². The second kappa shape index (κ2) is 14.2. The Morgan fingerprint density at radius 1 is 0.938 bits per heavy atom. The molecule has 1 saturated heterocycles. The van der Waals surface area contributed by atoms with Crippen LogP contribution in [-0.2, 0) is 28.6 Å². The van der Waals surface area contributed by atoms with Gasteiger partial charge in [0.15, 0.2) is 0 Å². The van der Waals surface area contributed by atoms with E-state index < -0.39 is 72.6 Å². The number of hydrogen-bond donors (Lipinski definition) is 1. The van der Waals surface area contributed by atoms with Crippen LogP contribution in [-0.4, -0.2) is 75.7 Å². The van der Waals surface area contributed by atoms with Gasteiger partial charge in [-0.1, -0.05) is 0 Å². The number of rotatable bonds is 11. The molecule has 3 aromatic heterocycles. The number of aromatic nitrogens is 5. The summed E-state index contributed by atoms with van der Waals surface area (Å²) in [5, 5.41) is 6.08. The first-order chi connectivity index (χ1) is 22.3. The van der Waals surface area contributed by atoms with Crippen LogP contribution < -0.4 is 25.4 Å². The first kappa shape index (κ1) is 36.2. The number of hydrogen-bond acceptors (Lipinski definition) is 10. The van der Waals surface area contributed by atoms with Crippen molar-refractivity contribution in [1.29, 1.82) is 0 Å². The third kappa shape index (κ3) is 9.22. The molecule has 0 bridgehead atoms. The number of nitrogens with one attached hydrogen (secondary N) is 1. The highest BCUT2D eigenvalue weighted by molar-refractivity contribution is 5.96. The molecule has 1 aliphatic rings. The molecule has 4 rings (SSSR count). The number of amides is 1. The minimum atomic E-state index is -5.15. The van der Waals surface area contributed by atoms with Gasteiger partial charge in [0.25, 0.3) is 5.56 Å². The fourth-order valence-electron chi connectivity index (χ4n) is 4.34. The van der Waals surface area contributed by atoms with Gasteiger partial charge < -0.3 is 19.7 Å². The van der Waals surface area contributed by atoms with Gasteiger partial charge in [-0.3, -0.25) is 14.5 Å². The summed E-state index contributed by atoms with van der Waals surface area (Å²) in [5.41, 5.74) is -4.47. The Kier molecular flexibility index (Phi) is 10.7. The van der Waals surface area contributed by atoms with Crippen LogP contribution in [0.3, 0.4) is 0 Å². The maximum Gasteiger partial charge on any atom is 0.423 e. The largest absolute Gasteiger partial charge is 0.491 e. The van der Waals surface area contributed by atoms with Crippen molar-refractivity contribution in [3.63, 3.8) is 0 Å². The highest BCUT2D eigenvalue weighted by atomic mass is 19.4. The van der Waals surface area contributed by atoms with Crippen molar-refractivity contribution in [3.8, 4) is 5.75 Å². The van der Waals surface area contributed by atoms with Gasteiger partial charge in [-0.05, 0) is 13.8 Å². The summed E-state index contributed by atoms with van der Waals surface area (Å²) in [4.78, 5) is 39.8. The summed E-state index contributed by atoms with van der Waals surface area (Å²) in [6.45, 7) is 1.01. The molecule has 262 valence electrons. The zero-order valence-electron chi connectivity index (χ0n) is 25.1. The number of halogens is 9. The second-order valence-corrected chi connectivity index (χ2v) is 10.5. The Morgan fingerprint density at radius 3 is 2.23 bits per heavy atom. The first-order valence-electron chi connectivity index (χ1n) is 14.0. The average Bonchev–Trinajstić information content (AvgIpc) is 2.98. The van der Waals surface area contributed by atoms with Gasteiger partial charge in [0, 0.05) is 43.3 Å². The molecule has 4 heterocycles. The predicted molar refractivity (Wildman–Crippen MR) is 149 cm³/mol. The third-order valence-corrected chi connectivity index (χ3v) is 6.75. The number of alkyl halides is 9. The van der Waals surface area contributed by atoms with Gasteiger partial charge in [-0.15, -0.1) is 0 Å². The van der Waals surface area contributed by atoms with Crippen LogP contribution in [0, 0.1) is 6.92 Å². The van der Waals surface area contributed by atoms with E-state index in [2.05, 4.69) is 30.1 Å². The molecule has 1 unspecified atom stereocenters. The number of anilines is 3. The molecule has 0 saturated carbocycles. The van der Waals surface area contributed by atoms with E-state index in [1.54, 1.807) is 6.92 Å². The molecule has 0 radical (unpaired) electrons. The number of carbonyl (C=O) groups excluding carboxylic acids is 1. The molecule has 48 heavy (non-hydrogen) atoms. The van der Waals surface area contributed by atoms with Gasteiger partial charge in [-0.25, -0.2) is 19.6 Å². The van der Waals surface area contributed by atoms with Crippen LogP contribution in [0.4, 0.5) is 57.0 Å². The fourth-order valence-corrected chi connectivity index (χ4v) is 4.34. The standard InChI is InChI=1S/C27H27F9N8O4/c1-15-8-37-20(43-5-4-42(12-21(43)45)24-38-9-17(10-39-24)26(31,32)33)7-19(15)48-13-16(2)41-18-11-40-44(14-47-6-3-25(28,29)30)23(46)22(18)27(34,35)36/h7-11,16,41H,3-6,12-14H2,1-2H3. The summed E-state index contributed by atoms with van der Waals surface area (Å²) >= 11 is 0. The van der Waals surface area contributed by atoms with Crippen LogP contribution in [0.15, 0.2) is 35.6 Å². The van der Waals surface area contributed by atoms with E-state index in [0.29, 0.717) is 24.2 Å².